The molecule has 2 heterocycles. The van der Waals surface area contributed by atoms with Crippen LogP contribution in [0, 0.1) is 0 Å². The molecule has 0 saturated carbocycles. The number of H-pyrrole nitrogens is 1. The van der Waals surface area contributed by atoms with E-state index in [0.29, 0.717) is 16.4 Å². The van der Waals surface area contributed by atoms with Gasteiger partial charge in [-0.2, -0.15) is 13.2 Å². The van der Waals surface area contributed by atoms with Crippen molar-refractivity contribution < 1.29 is 13.2 Å². The van der Waals surface area contributed by atoms with E-state index in [1.54, 1.807) is 0 Å². The molecule has 2 rings (SSSR count). The molecule has 0 atom stereocenters. The van der Waals surface area contributed by atoms with Gasteiger partial charge in [-0.3, -0.25) is 9.89 Å². The zero-order chi connectivity index (χ0) is 16.0. The SMILES string of the molecule is CC(C)(C)c1[nH]n(-c2ccc(C(F)(F)F)cn2)c(=O)c1Br. The quantitative estimate of drug-likeness (QED) is 0.840. The number of alkyl halides is 3. The van der Waals surface area contributed by atoms with Crippen LogP contribution in [0.4, 0.5) is 13.2 Å². The minimum absolute atomic E-state index is 0.101. The number of pyridine rings is 1. The first-order valence-electron chi connectivity index (χ1n) is 6.06. The van der Waals surface area contributed by atoms with Gasteiger partial charge < -0.3 is 0 Å². The van der Waals surface area contributed by atoms with E-state index in [-0.39, 0.29) is 11.2 Å². The lowest BCUT2D eigenvalue weighted by atomic mass is 9.93. The molecule has 0 radical (unpaired) electrons. The first-order chi connectivity index (χ1) is 9.51. The summed E-state index contributed by atoms with van der Waals surface area (Å²) in [6.45, 7) is 5.73. The van der Waals surface area contributed by atoms with Gasteiger partial charge in [0.2, 0.25) is 0 Å². The van der Waals surface area contributed by atoms with E-state index in [4.69, 9.17) is 0 Å². The molecular weight excluding hydrogens is 351 g/mol. The fourth-order valence-electron chi connectivity index (χ4n) is 1.76. The van der Waals surface area contributed by atoms with E-state index in [0.717, 1.165) is 16.8 Å². The highest BCUT2D eigenvalue weighted by molar-refractivity contribution is 9.10. The number of halogens is 4. The third kappa shape index (κ3) is 3.04. The Kier molecular flexibility index (Phi) is 3.77. The number of hydrogen-bond acceptors (Lipinski definition) is 2. The second-order valence-corrected chi connectivity index (χ2v) is 6.39. The van der Waals surface area contributed by atoms with Gasteiger partial charge in [-0.05, 0) is 28.1 Å². The smallest absolute Gasteiger partial charge is 0.292 e. The van der Waals surface area contributed by atoms with Crippen molar-refractivity contribution in [1.29, 1.82) is 0 Å². The number of hydrogen-bond donors (Lipinski definition) is 1. The van der Waals surface area contributed by atoms with Gasteiger partial charge >= 0.3 is 6.18 Å². The third-order valence-electron chi connectivity index (χ3n) is 2.89. The predicted molar refractivity (Wildman–Crippen MR) is 75.6 cm³/mol. The van der Waals surface area contributed by atoms with Crippen LogP contribution in [0.1, 0.15) is 32.0 Å². The predicted octanol–water partition coefficient (Wildman–Crippen LogP) is 3.64. The summed E-state index contributed by atoms with van der Waals surface area (Å²) < 4.78 is 39.0. The van der Waals surface area contributed by atoms with Gasteiger partial charge in [0.15, 0.2) is 5.82 Å². The average molecular weight is 364 g/mol. The first kappa shape index (κ1) is 15.8. The van der Waals surface area contributed by atoms with E-state index in [1.807, 2.05) is 20.8 Å². The number of nitrogens with zero attached hydrogens (tertiary/aromatic N) is 2. The minimum Gasteiger partial charge on any atom is -0.292 e. The lowest BCUT2D eigenvalue weighted by molar-refractivity contribution is -0.137. The number of aromatic amines is 1. The molecule has 0 bridgehead atoms. The van der Waals surface area contributed by atoms with Crippen LogP contribution >= 0.6 is 15.9 Å². The van der Waals surface area contributed by atoms with E-state index >= 15 is 0 Å². The summed E-state index contributed by atoms with van der Waals surface area (Å²) in [5.41, 5.74) is -0.933. The standard InChI is InChI=1S/C13H13BrF3N3O/c1-12(2,3)10-9(14)11(21)20(19-10)8-5-4-7(6-18-8)13(15,16)17/h4-6,19H,1-3H3. The van der Waals surface area contributed by atoms with E-state index in [2.05, 4.69) is 26.0 Å². The summed E-state index contributed by atoms with van der Waals surface area (Å²) >= 11 is 3.21. The minimum atomic E-state index is -4.45. The topological polar surface area (TPSA) is 50.7 Å². The summed E-state index contributed by atoms with van der Waals surface area (Å²) in [5.74, 6) is 0.101. The second kappa shape index (κ2) is 5.01. The van der Waals surface area contributed by atoms with E-state index < -0.39 is 17.3 Å². The summed E-state index contributed by atoms with van der Waals surface area (Å²) in [4.78, 5) is 15.8. The van der Waals surface area contributed by atoms with Crippen molar-refractivity contribution >= 4 is 15.9 Å². The van der Waals surface area contributed by atoms with Crippen molar-refractivity contribution in [3.05, 3.63) is 44.4 Å². The van der Waals surface area contributed by atoms with Crippen molar-refractivity contribution in [3.63, 3.8) is 0 Å². The first-order valence-corrected chi connectivity index (χ1v) is 6.86. The molecule has 0 amide bonds. The van der Waals surface area contributed by atoms with Crippen LogP contribution in [0.3, 0.4) is 0 Å². The highest BCUT2D eigenvalue weighted by Crippen LogP contribution is 2.29. The molecule has 0 unspecified atom stereocenters. The van der Waals surface area contributed by atoms with Crippen molar-refractivity contribution in [2.75, 3.05) is 0 Å². The zero-order valence-corrected chi connectivity index (χ0v) is 13.1. The van der Waals surface area contributed by atoms with Gasteiger partial charge in [0.25, 0.3) is 5.56 Å². The van der Waals surface area contributed by atoms with Gasteiger partial charge in [-0.15, -0.1) is 0 Å². The van der Waals surface area contributed by atoms with Gasteiger partial charge in [0, 0.05) is 11.6 Å². The fraction of sp³-hybridized carbons (Fsp3) is 0.385. The molecule has 0 aliphatic carbocycles. The summed E-state index contributed by atoms with van der Waals surface area (Å²) in [6, 6.07) is 2.04. The Labute approximate surface area is 127 Å². The number of rotatable bonds is 1. The molecule has 21 heavy (non-hydrogen) atoms. The number of nitrogens with one attached hydrogen (secondary N) is 1. The van der Waals surface area contributed by atoms with Gasteiger partial charge in [-0.25, -0.2) is 9.67 Å². The van der Waals surface area contributed by atoms with Crippen LogP contribution in [0.5, 0.6) is 0 Å². The molecule has 2 aromatic heterocycles. The molecule has 114 valence electrons. The number of aromatic nitrogens is 3. The Morgan fingerprint density at radius 1 is 1.24 bits per heavy atom. The van der Waals surface area contributed by atoms with Crippen LogP contribution < -0.4 is 5.56 Å². The second-order valence-electron chi connectivity index (χ2n) is 5.59. The molecular formula is C13H13BrF3N3O. The Morgan fingerprint density at radius 2 is 1.86 bits per heavy atom. The van der Waals surface area contributed by atoms with E-state index in [1.165, 1.54) is 0 Å². The van der Waals surface area contributed by atoms with Gasteiger partial charge in [0.1, 0.15) is 4.47 Å². The lowest BCUT2D eigenvalue weighted by Crippen LogP contribution is -2.16. The molecule has 0 spiro atoms. The normalized spacial score (nSPS) is 12.7. The maximum absolute atomic E-state index is 12.5. The highest BCUT2D eigenvalue weighted by Gasteiger charge is 2.31. The van der Waals surface area contributed by atoms with Crippen LogP contribution in [0.15, 0.2) is 27.6 Å². The van der Waals surface area contributed by atoms with Gasteiger partial charge in [0.05, 0.1) is 11.3 Å². The fourth-order valence-corrected chi connectivity index (χ4v) is 2.62. The Bertz CT molecular complexity index is 708. The summed E-state index contributed by atoms with van der Waals surface area (Å²) in [6.07, 6.45) is -3.75. The van der Waals surface area contributed by atoms with Crippen molar-refractivity contribution in [1.82, 2.24) is 14.8 Å². The largest absolute Gasteiger partial charge is 0.417 e. The maximum Gasteiger partial charge on any atom is 0.417 e. The molecule has 8 heteroatoms. The summed E-state index contributed by atoms with van der Waals surface area (Å²) in [7, 11) is 0. The molecule has 4 nitrogen and oxygen atoms in total. The summed E-state index contributed by atoms with van der Waals surface area (Å²) in [5, 5.41) is 2.88. The molecule has 1 N–H and O–H groups in total. The lowest BCUT2D eigenvalue weighted by Gasteiger charge is -2.16. The average Bonchev–Trinajstić information content (AvgIpc) is 2.65. The Hall–Kier alpha value is -1.57. The van der Waals surface area contributed by atoms with Crippen LogP contribution in [0.25, 0.3) is 5.82 Å². The van der Waals surface area contributed by atoms with Crippen LogP contribution in [-0.2, 0) is 11.6 Å². The molecule has 0 aliphatic heterocycles. The van der Waals surface area contributed by atoms with Crippen molar-refractivity contribution in [3.8, 4) is 5.82 Å². The van der Waals surface area contributed by atoms with Crippen molar-refractivity contribution in [2.24, 2.45) is 0 Å². The third-order valence-corrected chi connectivity index (χ3v) is 3.62. The Morgan fingerprint density at radius 3 is 2.24 bits per heavy atom. The molecule has 0 saturated heterocycles. The van der Waals surface area contributed by atoms with Crippen LogP contribution in [0.2, 0.25) is 0 Å². The zero-order valence-electron chi connectivity index (χ0n) is 11.5. The Balaban J connectivity index is 2.51. The van der Waals surface area contributed by atoms with Crippen molar-refractivity contribution in [2.45, 2.75) is 32.4 Å². The molecule has 0 aromatic carbocycles. The molecule has 0 aliphatic rings. The van der Waals surface area contributed by atoms with E-state index in [9.17, 15) is 18.0 Å². The maximum atomic E-state index is 12.5. The monoisotopic (exact) mass is 363 g/mol. The highest BCUT2D eigenvalue weighted by atomic mass is 79.9. The molecule has 2 aromatic rings. The molecule has 0 fully saturated rings. The van der Waals surface area contributed by atoms with Crippen LogP contribution in [-0.4, -0.2) is 14.8 Å². The van der Waals surface area contributed by atoms with Gasteiger partial charge in [-0.1, -0.05) is 20.8 Å².